The van der Waals surface area contributed by atoms with Crippen molar-refractivity contribution in [3.05, 3.63) is 47.3 Å². The van der Waals surface area contributed by atoms with E-state index in [0.29, 0.717) is 18.7 Å². The minimum Gasteiger partial charge on any atom is -0.476 e. The summed E-state index contributed by atoms with van der Waals surface area (Å²) in [7, 11) is 0. The van der Waals surface area contributed by atoms with Gasteiger partial charge in [-0.15, -0.1) is 5.10 Å². The summed E-state index contributed by atoms with van der Waals surface area (Å²) in [5.74, 6) is -1.48. The molecule has 0 aliphatic rings. The Balaban J connectivity index is 2.06. The molecular formula is C13H13N3O4. The Hall–Kier alpha value is -2.70. The first-order valence-electron chi connectivity index (χ1n) is 5.99. The van der Waals surface area contributed by atoms with Crippen molar-refractivity contribution in [2.45, 2.75) is 13.5 Å². The van der Waals surface area contributed by atoms with Crippen LogP contribution in [0.4, 0.5) is 0 Å². The standard InChI is InChI=1S/C13H13N3O4/c1-2-20-13(19)10-5-3-9(4-6-10)7-16-8-11(12(17)18)14-15-16/h3-6,8H,2,7H2,1H3,(H,17,18). The van der Waals surface area contributed by atoms with E-state index in [1.54, 1.807) is 31.2 Å². The summed E-state index contributed by atoms with van der Waals surface area (Å²) in [6.07, 6.45) is 1.35. The molecule has 2 aromatic rings. The molecule has 1 aromatic carbocycles. The molecule has 1 aromatic heterocycles. The summed E-state index contributed by atoms with van der Waals surface area (Å²) in [5.41, 5.74) is 1.24. The maximum atomic E-state index is 11.5. The minimum absolute atomic E-state index is 0.104. The van der Waals surface area contributed by atoms with Crippen LogP contribution in [0.15, 0.2) is 30.5 Å². The average Bonchev–Trinajstić information content (AvgIpc) is 2.88. The van der Waals surface area contributed by atoms with E-state index in [-0.39, 0.29) is 11.7 Å². The van der Waals surface area contributed by atoms with Crippen LogP contribution in [0.25, 0.3) is 0 Å². The van der Waals surface area contributed by atoms with Crippen LogP contribution in [-0.4, -0.2) is 38.6 Å². The topological polar surface area (TPSA) is 94.3 Å². The fraction of sp³-hybridized carbons (Fsp3) is 0.231. The lowest BCUT2D eigenvalue weighted by molar-refractivity contribution is 0.0525. The Bertz CT molecular complexity index is 619. The SMILES string of the molecule is CCOC(=O)c1ccc(Cn2cc(C(=O)O)nn2)cc1. The third-order valence-electron chi connectivity index (χ3n) is 2.57. The number of carboxylic acid groups (broad SMARTS) is 1. The zero-order valence-corrected chi connectivity index (χ0v) is 10.8. The van der Waals surface area contributed by atoms with Gasteiger partial charge in [0.25, 0.3) is 0 Å². The van der Waals surface area contributed by atoms with E-state index < -0.39 is 5.97 Å². The lowest BCUT2D eigenvalue weighted by Crippen LogP contribution is -2.05. The van der Waals surface area contributed by atoms with Crippen molar-refractivity contribution in [1.82, 2.24) is 15.0 Å². The van der Waals surface area contributed by atoms with Crippen LogP contribution < -0.4 is 0 Å². The van der Waals surface area contributed by atoms with Gasteiger partial charge in [-0.25, -0.2) is 14.3 Å². The van der Waals surface area contributed by atoms with Crippen molar-refractivity contribution in [2.75, 3.05) is 6.61 Å². The highest BCUT2D eigenvalue weighted by atomic mass is 16.5. The van der Waals surface area contributed by atoms with E-state index in [4.69, 9.17) is 9.84 Å². The van der Waals surface area contributed by atoms with Gasteiger partial charge in [0.1, 0.15) is 0 Å². The smallest absolute Gasteiger partial charge is 0.358 e. The molecule has 0 aliphatic carbocycles. The average molecular weight is 275 g/mol. The first-order valence-corrected chi connectivity index (χ1v) is 5.99. The molecule has 0 aliphatic heterocycles. The highest BCUT2D eigenvalue weighted by molar-refractivity contribution is 5.89. The zero-order chi connectivity index (χ0) is 14.5. The van der Waals surface area contributed by atoms with Crippen molar-refractivity contribution >= 4 is 11.9 Å². The monoisotopic (exact) mass is 275 g/mol. The zero-order valence-electron chi connectivity index (χ0n) is 10.8. The first kappa shape index (κ1) is 13.7. The van der Waals surface area contributed by atoms with Crippen LogP contribution in [0, 0.1) is 0 Å². The number of rotatable bonds is 5. The number of carbonyl (C=O) groups is 2. The number of aromatic carboxylic acids is 1. The van der Waals surface area contributed by atoms with Crippen molar-refractivity contribution in [3.63, 3.8) is 0 Å². The van der Waals surface area contributed by atoms with E-state index >= 15 is 0 Å². The number of hydrogen-bond donors (Lipinski definition) is 1. The van der Waals surface area contributed by atoms with Crippen molar-refractivity contribution < 1.29 is 19.4 Å². The third kappa shape index (κ3) is 3.19. The summed E-state index contributed by atoms with van der Waals surface area (Å²) in [6.45, 7) is 2.46. The fourth-order valence-corrected chi connectivity index (χ4v) is 1.62. The van der Waals surface area contributed by atoms with E-state index in [9.17, 15) is 9.59 Å². The minimum atomic E-state index is -1.12. The molecule has 1 heterocycles. The van der Waals surface area contributed by atoms with Crippen LogP contribution >= 0.6 is 0 Å². The van der Waals surface area contributed by atoms with Gasteiger partial charge in [0.15, 0.2) is 5.69 Å². The molecule has 7 heteroatoms. The van der Waals surface area contributed by atoms with Gasteiger partial charge >= 0.3 is 11.9 Å². The van der Waals surface area contributed by atoms with Gasteiger partial charge in [0.05, 0.1) is 24.9 Å². The van der Waals surface area contributed by atoms with Crippen LogP contribution in [0.5, 0.6) is 0 Å². The molecule has 0 fully saturated rings. The number of carboxylic acids is 1. The lowest BCUT2D eigenvalue weighted by Gasteiger charge is -2.04. The van der Waals surface area contributed by atoms with Gasteiger partial charge in [-0.2, -0.15) is 0 Å². The van der Waals surface area contributed by atoms with Gasteiger partial charge in [-0.3, -0.25) is 0 Å². The second-order valence-electron chi connectivity index (χ2n) is 4.02. The van der Waals surface area contributed by atoms with Crippen molar-refractivity contribution in [3.8, 4) is 0 Å². The molecule has 7 nitrogen and oxygen atoms in total. The molecule has 20 heavy (non-hydrogen) atoms. The highest BCUT2D eigenvalue weighted by Crippen LogP contribution is 2.07. The number of benzene rings is 1. The Morgan fingerprint density at radius 3 is 2.55 bits per heavy atom. The van der Waals surface area contributed by atoms with Crippen LogP contribution in [-0.2, 0) is 11.3 Å². The highest BCUT2D eigenvalue weighted by Gasteiger charge is 2.09. The molecule has 104 valence electrons. The van der Waals surface area contributed by atoms with Crippen LogP contribution in [0.2, 0.25) is 0 Å². The normalized spacial score (nSPS) is 10.2. The molecular weight excluding hydrogens is 262 g/mol. The Morgan fingerprint density at radius 1 is 1.30 bits per heavy atom. The van der Waals surface area contributed by atoms with Gasteiger partial charge < -0.3 is 9.84 Å². The molecule has 0 unspecified atom stereocenters. The van der Waals surface area contributed by atoms with Crippen LogP contribution in [0.3, 0.4) is 0 Å². The molecule has 0 atom stereocenters. The van der Waals surface area contributed by atoms with Crippen molar-refractivity contribution in [1.29, 1.82) is 0 Å². The number of hydrogen-bond acceptors (Lipinski definition) is 5. The predicted octanol–water partition coefficient (Wildman–Crippen LogP) is 1.20. The molecule has 0 radical (unpaired) electrons. The number of carbonyl (C=O) groups excluding carboxylic acids is 1. The summed E-state index contributed by atoms with van der Waals surface area (Å²) in [5, 5.41) is 16.0. The molecule has 1 N–H and O–H groups in total. The maximum absolute atomic E-state index is 11.5. The maximum Gasteiger partial charge on any atom is 0.358 e. The van der Waals surface area contributed by atoms with Crippen LogP contribution in [0.1, 0.15) is 33.3 Å². The fourth-order valence-electron chi connectivity index (χ4n) is 1.62. The predicted molar refractivity (Wildman–Crippen MR) is 68.5 cm³/mol. The van der Waals surface area contributed by atoms with Gasteiger partial charge in [0.2, 0.25) is 0 Å². The van der Waals surface area contributed by atoms with E-state index in [2.05, 4.69) is 10.3 Å². The molecule has 0 spiro atoms. The van der Waals surface area contributed by atoms with E-state index in [0.717, 1.165) is 5.56 Å². The van der Waals surface area contributed by atoms with E-state index in [1.165, 1.54) is 10.9 Å². The Kier molecular flexibility index (Phi) is 4.09. The van der Waals surface area contributed by atoms with Gasteiger partial charge in [-0.05, 0) is 24.6 Å². The largest absolute Gasteiger partial charge is 0.476 e. The summed E-state index contributed by atoms with van der Waals surface area (Å²) in [4.78, 5) is 22.2. The van der Waals surface area contributed by atoms with Crippen molar-refractivity contribution in [2.24, 2.45) is 0 Å². The first-order chi connectivity index (χ1) is 9.60. The molecule has 0 bridgehead atoms. The quantitative estimate of drug-likeness (QED) is 0.824. The molecule has 0 saturated heterocycles. The summed E-state index contributed by atoms with van der Waals surface area (Å²) >= 11 is 0. The lowest BCUT2D eigenvalue weighted by atomic mass is 10.1. The Morgan fingerprint density at radius 2 is 2.00 bits per heavy atom. The number of nitrogens with zero attached hydrogens (tertiary/aromatic N) is 3. The molecule has 0 saturated carbocycles. The summed E-state index contributed by atoms with van der Waals surface area (Å²) < 4.78 is 6.30. The summed E-state index contributed by atoms with van der Waals surface area (Å²) in [6, 6.07) is 6.83. The molecule has 2 rings (SSSR count). The second-order valence-corrected chi connectivity index (χ2v) is 4.02. The molecule has 0 amide bonds. The van der Waals surface area contributed by atoms with Gasteiger partial charge in [0, 0.05) is 0 Å². The van der Waals surface area contributed by atoms with E-state index in [1.807, 2.05) is 0 Å². The number of aromatic nitrogens is 3. The number of esters is 1. The van der Waals surface area contributed by atoms with Gasteiger partial charge in [-0.1, -0.05) is 17.3 Å². The second kappa shape index (κ2) is 5.96. The number of ether oxygens (including phenoxy) is 1. The Labute approximate surface area is 114 Å². The third-order valence-corrected chi connectivity index (χ3v) is 2.57.